The van der Waals surface area contributed by atoms with Gasteiger partial charge in [-0.3, -0.25) is 9.59 Å². The van der Waals surface area contributed by atoms with Gasteiger partial charge < -0.3 is 23.7 Å². The van der Waals surface area contributed by atoms with Crippen molar-refractivity contribution in [3.8, 4) is 0 Å². The van der Waals surface area contributed by atoms with Crippen LogP contribution < -0.4 is 0 Å². The predicted octanol–water partition coefficient (Wildman–Crippen LogP) is 10.1. The Hall–Kier alpha value is -3.66. The highest BCUT2D eigenvalue weighted by Gasteiger charge is 2.49. The highest BCUT2D eigenvalue weighted by atomic mass is 28.4. The van der Waals surface area contributed by atoms with Crippen LogP contribution in [0.5, 0.6) is 0 Å². The molecule has 0 bridgehead atoms. The van der Waals surface area contributed by atoms with Gasteiger partial charge >= 0.3 is 0 Å². The summed E-state index contributed by atoms with van der Waals surface area (Å²) in [6, 6.07) is 24.8. The molecular formula is C49H62O7Si. The highest BCUT2D eigenvalue weighted by molar-refractivity contribution is 6.70. The van der Waals surface area contributed by atoms with Crippen molar-refractivity contribution in [2.45, 2.75) is 133 Å². The molecule has 4 fully saturated rings. The van der Waals surface area contributed by atoms with E-state index < -0.39 is 8.32 Å². The summed E-state index contributed by atoms with van der Waals surface area (Å²) in [6.07, 6.45) is 18.0. The fraction of sp³-hybridized carbons (Fsp3) is 0.510. The molecule has 1 saturated heterocycles. The summed E-state index contributed by atoms with van der Waals surface area (Å²) in [7, 11) is -1.43. The van der Waals surface area contributed by atoms with Gasteiger partial charge in [-0.1, -0.05) is 91.2 Å². The zero-order valence-corrected chi connectivity index (χ0v) is 35.4. The van der Waals surface area contributed by atoms with Gasteiger partial charge in [-0.05, 0) is 110 Å². The fourth-order valence-corrected chi connectivity index (χ4v) is 10.8. The quantitative estimate of drug-likeness (QED) is 0.196. The second kappa shape index (κ2) is 18.5. The third-order valence-corrected chi connectivity index (χ3v) is 13.2. The van der Waals surface area contributed by atoms with E-state index in [1.54, 1.807) is 0 Å². The number of hydrogen-bond donors (Lipinski definition) is 1. The summed E-state index contributed by atoms with van der Waals surface area (Å²) in [5.74, 6) is 1.53. The Kier molecular flexibility index (Phi) is 13.5. The Balaban J connectivity index is 0.000000119. The van der Waals surface area contributed by atoms with E-state index in [9.17, 15) is 9.59 Å². The lowest BCUT2D eigenvalue weighted by Gasteiger charge is -2.35. The van der Waals surface area contributed by atoms with Crippen LogP contribution in [0.15, 0.2) is 84.1 Å². The topological polar surface area (TPSA) is 91.3 Å². The molecule has 3 aromatic carbocycles. The number of carbonyl (C=O) groups excluding carboxylic acids is 2. The number of aliphatic hydroxyl groups excluding tert-OH is 1. The summed E-state index contributed by atoms with van der Waals surface area (Å²) in [6.45, 7) is 8.61. The minimum absolute atomic E-state index is 0.0182. The normalized spacial score (nSPS) is 22.2. The average Bonchev–Trinajstić information content (AvgIpc) is 4.05. The number of Topliss-reactive ketones (excluding diaryl/α,β-unsaturated/α-hetero) is 2. The Morgan fingerprint density at radius 3 is 2.00 bits per heavy atom. The predicted molar refractivity (Wildman–Crippen MR) is 228 cm³/mol. The standard InChI is InChI=1S/C16H20O3.C14H14O.C12H16OSi.C7H12O2/c17-9-10-19-16(7-3-4-8-16)15-13-6-2-1-5-12(13)11-14(15)18;15-13-9-11-7-3-4-8-12(11)14(13)10-5-1-2-6-10;1-14(2,3)13-12-8-10-6-4-5-7-11(10)9-12;1-2-4-7(3-1)8-5-6-9-7/h1-2,5-6,15,17H,3-4,7-11H2;3-4,7-8H,1-2,5-6,9H2;4-8H,9H2,1-3H3;1-6H2. The van der Waals surface area contributed by atoms with Crippen molar-refractivity contribution in [1.82, 2.24) is 0 Å². The number of benzene rings is 3. The molecule has 0 radical (unpaired) electrons. The molecule has 1 atom stereocenters. The van der Waals surface area contributed by atoms with Crippen molar-refractivity contribution in [2.24, 2.45) is 0 Å². The van der Waals surface area contributed by atoms with Crippen LogP contribution in [0.1, 0.15) is 116 Å². The van der Waals surface area contributed by atoms with E-state index in [2.05, 4.69) is 68.2 Å². The largest absolute Gasteiger partial charge is 0.547 e. The third kappa shape index (κ3) is 9.97. The molecule has 10 rings (SSSR count). The minimum Gasteiger partial charge on any atom is -0.547 e. The first kappa shape index (κ1) is 41.5. The van der Waals surface area contributed by atoms with Crippen molar-refractivity contribution in [1.29, 1.82) is 0 Å². The van der Waals surface area contributed by atoms with E-state index in [0.717, 1.165) is 93.5 Å². The number of hydrogen-bond acceptors (Lipinski definition) is 7. The summed E-state index contributed by atoms with van der Waals surface area (Å²) in [5, 5.41) is 9.04. The number of carbonyl (C=O) groups is 2. The van der Waals surface area contributed by atoms with Gasteiger partial charge in [0.05, 0.1) is 43.7 Å². The Morgan fingerprint density at radius 1 is 0.719 bits per heavy atom. The van der Waals surface area contributed by atoms with Crippen LogP contribution in [-0.4, -0.2) is 62.8 Å². The van der Waals surface area contributed by atoms with Crippen molar-refractivity contribution < 1.29 is 33.3 Å². The lowest BCUT2D eigenvalue weighted by atomic mass is 9.81. The zero-order chi connectivity index (χ0) is 39.9. The monoisotopic (exact) mass is 790 g/mol. The van der Waals surface area contributed by atoms with Crippen LogP contribution in [0.3, 0.4) is 0 Å². The zero-order valence-electron chi connectivity index (χ0n) is 34.4. The number of fused-ring (bicyclic) bond motifs is 3. The highest BCUT2D eigenvalue weighted by Crippen LogP contribution is 2.48. The van der Waals surface area contributed by atoms with Gasteiger partial charge in [-0.25, -0.2) is 0 Å². The molecule has 0 amide bonds. The van der Waals surface area contributed by atoms with E-state index >= 15 is 0 Å². The maximum atomic E-state index is 12.4. The van der Waals surface area contributed by atoms with Crippen LogP contribution in [0.2, 0.25) is 19.6 Å². The molecule has 6 aliphatic carbocycles. The summed E-state index contributed by atoms with van der Waals surface area (Å²) in [4.78, 5) is 24.4. The smallest absolute Gasteiger partial charge is 0.241 e. The first-order valence-corrected chi connectivity index (χ1v) is 24.9. The minimum atomic E-state index is -1.43. The number of aliphatic hydroxyl groups is 1. The fourth-order valence-electron chi connectivity index (χ4n) is 9.93. The van der Waals surface area contributed by atoms with E-state index in [0.29, 0.717) is 25.2 Å². The second-order valence-corrected chi connectivity index (χ2v) is 22.0. The number of rotatable bonds is 6. The molecule has 1 heterocycles. The number of allylic oxidation sites excluding steroid dienone is 3. The van der Waals surface area contributed by atoms with E-state index in [1.807, 2.05) is 30.3 Å². The van der Waals surface area contributed by atoms with Crippen LogP contribution in [0, 0.1) is 0 Å². The Labute approximate surface area is 341 Å². The molecule has 57 heavy (non-hydrogen) atoms. The summed E-state index contributed by atoms with van der Waals surface area (Å²) in [5.41, 5.74) is 9.53. The molecule has 7 nitrogen and oxygen atoms in total. The van der Waals surface area contributed by atoms with Gasteiger partial charge in [0, 0.05) is 37.7 Å². The molecule has 1 unspecified atom stereocenters. The third-order valence-electron chi connectivity index (χ3n) is 12.3. The van der Waals surface area contributed by atoms with Crippen LogP contribution in [-0.2, 0) is 47.5 Å². The Morgan fingerprint density at radius 2 is 1.33 bits per heavy atom. The second-order valence-electron chi connectivity index (χ2n) is 17.6. The van der Waals surface area contributed by atoms with Crippen molar-refractivity contribution in [3.05, 3.63) is 118 Å². The van der Waals surface area contributed by atoms with Crippen LogP contribution in [0.4, 0.5) is 0 Å². The molecule has 0 aromatic heterocycles. The maximum Gasteiger partial charge on any atom is 0.241 e. The molecule has 7 aliphatic rings. The number of ether oxygens (including phenoxy) is 3. The molecule has 1 N–H and O–H groups in total. The first-order chi connectivity index (χ1) is 27.6. The molecule has 3 aromatic rings. The first-order valence-electron chi connectivity index (χ1n) is 21.5. The average molecular weight is 791 g/mol. The van der Waals surface area contributed by atoms with Crippen LogP contribution in [0.25, 0.3) is 11.6 Å². The van der Waals surface area contributed by atoms with Crippen molar-refractivity contribution in [2.75, 3.05) is 26.4 Å². The van der Waals surface area contributed by atoms with Crippen LogP contribution >= 0.6 is 0 Å². The Bertz CT molecular complexity index is 1910. The molecule has 8 heteroatoms. The van der Waals surface area contributed by atoms with Gasteiger partial charge in [-0.15, -0.1) is 0 Å². The summed E-state index contributed by atoms with van der Waals surface area (Å²) >= 11 is 0. The van der Waals surface area contributed by atoms with Gasteiger partial charge in [-0.2, -0.15) is 0 Å². The molecule has 1 aliphatic heterocycles. The van der Waals surface area contributed by atoms with Gasteiger partial charge in [0.1, 0.15) is 5.78 Å². The van der Waals surface area contributed by atoms with Crippen molar-refractivity contribution in [3.63, 3.8) is 0 Å². The summed E-state index contributed by atoms with van der Waals surface area (Å²) < 4.78 is 22.9. The SMILES string of the molecule is C1CCC2(C1)OCCO2.C[Si](C)(C)OC1=Cc2ccccc2C1.O=C1Cc2ccccc2C1=C1CCCC1.O=C1Cc2ccccc2C1C1(OCCO)CCCC1. The van der Waals surface area contributed by atoms with Gasteiger partial charge in [0.2, 0.25) is 8.32 Å². The molecular weight excluding hydrogens is 729 g/mol. The van der Waals surface area contributed by atoms with Crippen molar-refractivity contribution >= 4 is 31.5 Å². The van der Waals surface area contributed by atoms with Gasteiger partial charge in [0.15, 0.2) is 11.6 Å². The van der Waals surface area contributed by atoms with E-state index in [-0.39, 0.29) is 29.7 Å². The number of ketones is 2. The molecule has 1 spiro atoms. The lowest BCUT2D eigenvalue weighted by molar-refractivity contribution is -0.150. The van der Waals surface area contributed by atoms with E-state index in [4.69, 9.17) is 23.7 Å². The van der Waals surface area contributed by atoms with E-state index in [1.165, 1.54) is 53.5 Å². The lowest BCUT2D eigenvalue weighted by Crippen LogP contribution is -2.40. The molecule has 304 valence electrons. The van der Waals surface area contributed by atoms with Gasteiger partial charge in [0.25, 0.3) is 0 Å². The molecule has 3 saturated carbocycles. The maximum absolute atomic E-state index is 12.4.